The Hall–Kier alpha value is -3.10. The van der Waals surface area contributed by atoms with Crippen LogP contribution in [0, 0.1) is 0 Å². The zero-order valence-electron chi connectivity index (χ0n) is 18.0. The number of amides is 2. The number of nitrogens with one attached hydrogen (secondary N) is 1. The third-order valence-corrected chi connectivity index (χ3v) is 5.24. The molecule has 0 spiro atoms. The molecule has 1 aliphatic rings. The number of benzene rings is 2. The van der Waals surface area contributed by atoms with E-state index in [-0.39, 0.29) is 10.5 Å². The van der Waals surface area contributed by atoms with Crippen LogP contribution in [0.4, 0.5) is 10.5 Å². The Balaban J connectivity index is 1.70. The first-order valence-electron chi connectivity index (χ1n) is 10.4. The van der Waals surface area contributed by atoms with Crippen LogP contribution in [0.2, 0.25) is 0 Å². The third-order valence-electron chi connectivity index (χ3n) is 5.24. The van der Waals surface area contributed by atoms with Crippen LogP contribution in [0.15, 0.2) is 54.6 Å². The lowest BCUT2D eigenvalue weighted by Gasteiger charge is -2.51. The second-order valence-corrected chi connectivity index (χ2v) is 7.37. The fraction of sp³-hybridized carbons (Fsp3) is 0.391. The minimum absolute atomic E-state index is 0.147. The maximum atomic E-state index is 13.0. The molecule has 1 saturated heterocycles. The first-order chi connectivity index (χ1) is 15.0. The maximum Gasteiger partial charge on any atom is 0.412 e. The molecule has 2 aromatic carbocycles. The van der Waals surface area contributed by atoms with Crippen molar-refractivity contribution in [3.05, 3.63) is 65.6 Å². The number of carbonyl (C=O) groups is 2. The molecular weight excluding hydrogens is 398 g/mol. The molecule has 1 atom stereocenters. The molecule has 3 rings (SSSR count). The number of quaternary nitrogens is 1. The van der Waals surface area contributed by atoms with Crippen LogP contribution in [0.25, 0.3) is 5.43 Å². The molecule has 1 heterocycles. The van der Waals surface area contributed by atoms with Crippen molar-refractivity contribution < 1.29 is 28.4 Å². The maximum absolute atomic E-state index is 13.0. The van der Waals surface area contributed by atoms with E-state index in [9.17, 15) is 9.59 Å². The molecule has 1 aliphatic heterocycles. The minimum Gasteiger partial charge on any atom is -0.496 e. The molecular formula is C23H29N3O5. The lowest BCUT2D eigenvalue weighted by atomic mass is 10.2. The average Bonchev–Trinajstić information content (AvgIpc) is 2.79. The summed E-state index contributed by atoms with van der Waals surface area (Å²) >= 11 is 0. The van der Waals surface area contributed by atoms with Crippen LogP contribution in [0.3, 0.4) is 0 Å². The molecule has 0 aromatic heterocycles. The Morgan fingerprint density at radius 2 is 1.77 bits per heavy atom. The smallest absolute Gasteiger partial charge is 0.412 e. The van der Waals surface area contributed by atoms with Gasteiger partial charge in [-0.25, -0.2) is 4.79 Å². The van der Waals surface area contributed by atoms with Crippen molar-refractivity contribution in [1.29, 1.82) is 0 Å². The molecule has 2 amide bonds. The Bertz CT molecular complexity index is 869. The van der Waals surface area contributed by atoms with Crippen LogP contribution in [0.5, 0.6) is 5.75 Å². The van der Waals surface area contributed by atoms with Gasteiger partial charge in [-0.15, -0.1) is 0 Å². The van der Waals surface area contributed by atoms with Crippen molar-refractivity contribution >= 4 is 17.7 Å². The van der Waals surface area contributed by atoms with Crippen molar-refractivity contribution in [2.24, 2.45) is 0 Å². The standard InChI is InChI=1S/C23H29N3O5/c1-3-19(31-23(28)24-18-9-5-4-6-10-18)17-26(13-15-30-16-14-26)25-22(27)20-11-7-8-12-21(20)29-2/h4-12,19H,3,13-17H2,1-2H3,(H,24,28). The molecule has 0 radical (unpaired) electrons. The summed E-state index contributed by atoms with van der Waals surface area (Å²) in [5, 5.41) is 2.73. The Morgan fingerprint density at radius 1 is 1.10 bits per heavy atom. The van der Waals surface area contributed by atoms with E-state index in [1.165, 1.54) is 7.11 Å². The van der Waals surface area contributed by atoms with Crippen LogP contribution in [-0.2, 0) is 9.47 Å². The number of anilines is 1. The quantitative estimate of drug-likeness (QED) is 0.644. The van der Waals surface area contributed by atoms with E-state index in [1.54, 1.807) is 36.4 Å². The van der Waals surface area contributed by atoms with Crippen LogP contribution in [-0.4, -0.2) is 62.7 Å². The predicted molar refractivity (Wildman–Crippen MR) is 117 cm³/mol. The van der Waals surface area contributed by atoms with Crippen LogP contribution < -0.4 is 10.1 Å². The molecule has 1 fully saturated rings. The summed E-state index contributed by atoms with van der Waals surface area (Å²) in [6.07, 6.45) is -0.335. The van der Waals surface area contributed by atoms with Crippen molar-refractivity contribution in [2.45, 2.75) is 19.4 Å². The minimum atomic E-state index is -0.527. The highest BCUT2D eigenvalue weighted by atomic mass is 16.6. The number of methoxy groups -OCH3 is 1. The van der Waals surface area contributed by atoms with E-state index in [0.717, 1.165) is 0 Å². The van der Waals surface area contributed by atoms with Gasteiger partial charge in [-0.2, -0.15) is 0 Å². The number of morpholine rings is 1. The number of para-hydroxylation sites is 2. The fourth-order valence-corrected chi connectivity index (χ4v) is 3.52. The molecule has 31 heavy (non-hydrogen) atoms. The summed E-state index contributed by atoms with van der Waals surface area (Å²) in [5.74, 6) is 0.121. The SMILES string of the molecule is CCC(C[N+]1([N-]C(=O)c2ccccc2OC)CCOCC1)OC(=O)Nc1ccccc1. The number of rotatable bonds is 8. The first kappa shape index (κ1) is 22.6. The van der Waals surface area contributed by atoms with E-state index in [0.29, 0.717) is 56.3 Å². The largest absolute Gasteiger partial charge is 0.496 e. The Morgan fingerprint density at radius 3 is 2.45 bits per heavy atom. The monoisotopic (exact) mass is 427 g/mol. The van der Waals surface area contributed by atoms with Gasteiger partial charge in [0.2, 0.25) is 0 Å². The van der Waals surface area contributed by atoms with Gasteiger partial charge in [0.05, 0.1) is 33.4 Å². The molecule has 166 valence electrons. The summed E-state index contributed by atoms with van der Waals surface area (Å²) < 4.78 is 16.6. The van der Waals surface area contributed by atoms with Gasteiger partial charge in [-0.1, -0.05) is 37.3 Å². The van der Waals surface area contributed by atoms with Crippen molar-refractivity contribution in [2.75, 3.05) is 45.3 Å². The highest BCUT2D eigenvalue weighted by Gasteiger charge is 2.30. The highest BCUT2D eigenvalue weighted by molar-refractivity contribution is 6.04. The lowest BCUT2D eigenvalue weighted by Crippen LogP contribution is -2.56. The molecule has 1 unspecified atom stereocenters. The molecule has 8 nitrogen and oxygen atoms in total. The molecule has 8 heteroatoms. The van der Waals surface area contributed by atoms with E-state index in [2.05, 4.69) is 10.7 Å². The molecule has 0 bridgehead atoms. The summed E-state index contributed by atoms with van der Waals surface area (Å²) in [4.78, 5) is 25.4. The average molecular weight is 428 g/mol. The second kappa shape index (κ2) is 10.8. The van der Waals surface area contributed by atoms with Gasteiger partial charge < -0.3 is 29.0 Å². The number of hydrogen-bond acceptors (Lipinski definition) is 5. The molecule has 0 saturated carbocycles. The zero-order valence-corrected chi connectivity index (χ0v) is 18.0. The fourth-order valence-electron chi connectivity index (χ4n) is 3.52. The molecule has 2 aromatic rings. The zero-order chi connectivity index (χ0) is 22.1. The van der Waals surface area contributed by atoms with Gasteiger partial charge in [-0.3, -0.25) is 5.32 Å². The van der Waals surface area contributed by atoms with Gasteiger partial charge in [0.25, 0.3) is 0 Å². The van der Waals surface area contributed by atoms with Crippen molar-refractivity contribution in [1.82, 2.24) is 0 Å². The topological polar surface area (TPSA) is 88.0 Å². The van der Waals surface area contributed by atoms with Gasteiger partial charge in [0, 0.05) is 11.3 Å². The normalized spacial score (nSPS) is 16.1. The summed E-state index contributed by atoms with van der Waals surface area (Å²) in [5.41, 5.74) is 5.62. The second-order valence-electron chi connectivity index (χ2n) is 7.37. The predicted octanol–water partition coefficient (Wildman–Crippen LogP) is 4.00. The number of ether oxygens (including phenoxy) is 3. The Kier molecular flexibility index (Phi) is 7.86. The summed E-state index contributed by atoms with van der Waals surface area (Å²) in [6.45, 7) is 4.36. The molecule has 0 aliphatic carbocycles. The van der Waals surface area contributed by atoms with Crippen LogP contribution >= 0.6 is 0 Å². The summed E-state index contributed by atoms with van der Waals surface area (Å²) in [6, 6.07) is 16.1. The van der Waals surface area contributed by atoms with E-state index in [4.69, 9.17) is 14.2 Å². The van der Waals surface area contributed by atoms with Gasteiger partial charge in [0.15, 0.2) is 6.10 Å². The number of carbonyl (C=O) groups excluding carboxylic acids is 2. The van der Waals surface area contributed by atoms with E-state index in [1.807, 2.05) is 25.1 Å². The van der Waals surface area contributed by atoms with Gasteiger partial charge in [-0.05, 0) is 30.7 Å². The lowest BCUT2D eigenvalue weighted by molar-refractivity contribution is -0.899. The summed E-state index contributed by atoms with van der Waals surface area (Å²) in [7, 11) is 1.53. The van der Waals surface area contributed by atoms with E-state index < -0.39 is 12.2 Å². The first-order valence-corrected chi connectivity index (χ1v) is 10.4. The molecule has 1 N–H and O–H groups in total. The third kappa shape index (κ3) is 6.19. The highest BCUT2D eigenvalue weighted by Crippen LogP contribution is 2.27. The van der Waals surface area contributed by atoms with Crippen LogP contribution in [0.1, 0.15) is 23.7 Å². The number of nitrogens with zero attached hydrogens (tertiary/aromatic N) is 2. The number of hydrogen-bond donors (Lipinski definition) is 1. The van der Waals surface area contributed by atoms with Gasteiger partial charge >= 0.3 is 6.09 Å². The van der Waals surface area contributed by atoms with Gasteiger partial charge in [0.1, 0.15) is 18.2 Å². The van der Waals surface area contributed by atoms with Crippen molar-refractivity contribution in [3.63, 3.8) is 0 Å². The van der Waals surface area contributed by atoms with Crippen molar-refractivity contribution in [3.8, 4) is 5.75 Å². The Labute approximate surface area is 182 Å². The van der Waals surface area contributed by atoms with E-state index >= 15 is 0 Å².